The Hall–Kier alpha value is -3.60. The SMILES string of the molecule is Cc1ccc(CN(C(=O)COc2ccccc2C)C(Cc2ccccc2)C(=O)NCC(C)C)cc1. The molecule has 0 fully saturated rings. The fourth-order valence-electron chi connectivity index (χ4n) is 3.81. The average molecular weight is 473 g/mol. The van der Waals surface area contributed by atoms with Gasteiger partial charge in [-0.1, -0.05) is 92.2 Å². The molecule has 0 aromatic heterocycles. The van der Waals surface area contributed by atoms with Crippen molar-refractivity contribution in [2.24, 2.45) is 5.92 Å². The summed E-state index contributed by atoms with van der Waals surface area (Å²) in [5.41, 5.74) is 4.07. The highest BCUT2D eigenvalue weighted by Crippen LogP contribution is 2.19. The van der Waals surface area contributed by atoms with Crippen LogP contribution in [-0.4, -0.2) is 35.9 Å². The molecule has 0 aliphatic heterocycles. The van der Waals surface area contributed by atoms with Crippen LogP contribution in [0, 0.1) is 19.8 Å². The number of hydrogen-bond donors (Lipinski definition) is 1. The van der Waals surface area contributed by atoms with E-state index in [2.05, 4.69) is 19.2 Å². The molecule has 0 heterocycles. The number of hydrogen-bond acceptors (Lipinski definition) is 3. The van der Waals surface area contributed by atoms with Gasteiger partial charge in [0.1, 0.15) is 11.8 Å². The lowest BCUT2D eigenvalue weighted by atomic mass is 10.0. The summed E-state index contributed by atoms with van der Waals surface area (Å²) in [4.78, 5) is 28.7. The van der Waals surface area contributed by atoms with Gasteiger partial charge in [0.05, 0.1) is 0 Å². The van der Waals surface area contributed by atoms with E-state index < -0.39 is 6.04 Å². The zero-order valence-corrected chi connectivity index (χ0v) is 21.2. The first kappa shape index (κ1) is 26.0. The normalized spacial score (nSPS) is 11.7. The topological polar surface area (TPSA) is 58.6 Å². The van der Waals surface area contributed by atoms with Crippen LogP contribution >= 0.6 is 0 Å². The summed E-state index contributed by atoms with van der Waals surface area (Å²) < 4.78 is 5.89. The van der Waals surface area contributed by atoms with Crippen LogP contribution in [0.3, 0.4) is 0 Å². The highest BCUT2D eigenvalue weighted by molar-refractivity contribution is 5.88. The van der Waals surface area contributed by atoms with E-state index in [0.717, 1.165) is 22.3 Å². The monoisotopic (exact) mass is 472 g/mol. The van der Waals surface area contributed by atoms with Crippen LogP contribution in [-0.2, 0) is 22.6 Å². The molecule has 1 unspecified atom stereocenters. The van der Waals surface area contributed by atoms with Gasteiger partial charge in [-0.15, -0.1) is 0 Å². The minimum atomic E-state index is -0.662. The number of rotatable bonds is 11. The molecule has 5 heteroatoms. The van der Waals surface area contributed by atoms with Crippen molar-refractivity contribution in [2.75, 3.05) is 13.2 Å². The van der Waals surface area contributed by atoms with E-state index in [1.807, 2.05) is 92.7 Å². The van der Waals surface area contributed by atoms with Crippen LogP contribution in [0.5, 0.6) is 5.75 Å². The van der Waals surface area contributed by atoms with E-state index in [0.29, 0.717) is 31.2 Å². The maximum atomic E-state index is 13.6. The summed E-state index contributed by atoms with van der Waals surface area (Å²) in [5, 5.41) is 3.04. The van der Waals surface area contributed by atoms with E-state index in [4.69, 9.17) is 4.74 Å². The minimum absolute atomic E-state index is 0.139. The first-order valence-corrected chi connectivity index (χ1v) is 12.2. The van der Waals surface area contributed by atoms with Gasteiger partial charge in [0.2, 0.25) is 5.91 Å². The van der Waals surface area contributed by atoms with Gasteiger partial charge in [-0.05, 0) is 42.5 Å². The summed E-state index contributed by atoms with van der Waals surface area (Å²) in [6, 6.07) is 24.8. The predicted molar refractivity (Wildman–Crippen MR) is 140 cm³/mol. The Morgan fingerprint density at radius 1 is 0.857 bits per heavy atom. The summed E-state index contributed by atoms with van der Waals surface area (Å²) in [7, 11) is 0. The van der Waals surface area contributed by atoms with E-state index in [-0.39, 0.29) is 18.4 Å². The van der Waals surface area contributed by atoms with Gasteiger partial charge in [0.15, 0.2) is 6.61 Å². The molecule has 0 saturated heterocycles. The molecule has 0 aliphatic rings. The lowest BCUT2D eigenvalue weighted by molar-refractivity contribution is -0.142. The first-order chi connectivity index (χ1) is 16.8. The van der Waals surface area contributed by atoms with Gasteiger partial charge >= 0.3 is 0 Å². The number of aryl methyl sites for hydroxylation is 2. The van der Waals surface area contributed by atoms with Crippen molar-refractivity contribution in [3.05, 3.63) is 101 Å². The van der Waals surface area contributed by atoms with Crippen molar-refractivity contribution >= 4 is 11.8 Å². The van der Waals surface area contributed by atoms with E-state index in [1.165, 1.54) is 0 Å². The molecular weight excluding hydrogens is 436 g/mol. The van der Waals surface area contributed by atoms with Crippen molar-refractivity contribution < 1.29 is 14.3 Å². The molecule has 0 aliphatic carbocycles. The van der Waals surface area contributed by atoms with Gasteiger partial charge in [0.25, 0.3) is 5.91 Å². The Labute approximate surface area is 209 Å². The number of nitrogens with zero attached hydrogens (tertiary/aromatic N) is 1. The van der Waals surface area contributed by atoms with Crippen LogP contribution in [0.1, 0.15) is 36.1 Å². The molecule has 0 radical (unpaired) electrons. The van der Waals surface area contributed by atoms with Gasteiger partial charge < -0.3 is 15.0 Å². The molecule has 1 atom stereocenters. The van der Waals surface area contributed by atoms with Crippen LogP contribution in [0.15, 0.2) is 78.9 Å². The molecule has 2 amide bonds. The third-order valence-corrected chi connectivity index (χ3v) is 5.87. The van der Waals surface area contributed by atoms with E-state index in [1.54, 1.807) is 4.90 Å². The first-order valence-electron chi connectivity index (χ1n) is 12.2. The number of carbonyl (C=O) groups excluding carboxylic acids is 2. The smallest absolute Gasteiger partial charge is 0.261 e. The van der Waals surface area contributed by atoms with Crippen molar-refractivity contribution in [3.8, 4) is 5.75 Å². The molecule has 3 aromatic carbocycles. The number of para-hydroxylation sites is 1. The number of benzene rings is 3. The number of amides is 2. The Morgan fingerprint density at radius 2 is 1.51 bits per heavy atom. The minimum Gasteiger partial charge on any atom is -0.484 e. The molecule has 3 rings (SSSR count). The number of ether oxygens (including phenoxy) is 1. The quantitative estimate of drug-likeness (QED) is 0.423. The third kappa shape index (κ3) is 7.99. The lowest BCUT2D eigenvalue weighted by Crippen LogP contribution is -2.52. The second kappa shape index (κ2) is 12.7. The highest BCUT2D eigenvalue weighted by Gasteiger charge is 2.30. The third-order valence-electron chi connectivity index (χ3n) is 5.87. The van der Waals surface area contributed by atoms with Crippen LogP contribution in [0.25, 0.3) is 0 Å². The lowest BCUT2D eigenvalue weighted by Gasteiger charge is -2.32. The zero-order chi connectivity index (χ0) is 25.2. The van der Waals surface area contributed by atoms with Gasteiger partial charge in [-0.25, -0.2) is 0 Å². The molecule has 3 aromatic rings. The van der Waals surface area contributed by atoms with E-state index >= 15 is 0 Å². The van der Waals surface area contributed by atoms with Crippen molar-refractivity contribution in [1.82, 2.24) is 10.2 Å². The standard InChI is InChI=1S/C30H36N2O3/c1-22(2)19-31-30(34)27(18-25-11-6-5-7-12-25)32(20-26-16-14-23(3)15-17-26)29(33)21-35-28-13-9-8-10-24(28)4/h5-17,22,27H,18-21H2,1-4H3,(H,31,34). The Balaban J connectivity index is 1.90. The van der Waals surface area contributed by atoms with Gasteiger partial charge in [0, 0.05) is 19.5 Å². The molecule has 1 N–H and O–H groups in total. The van der Waals surface area contributed by atoms with Gasteiger partial charge in [-0.2, -0.15) is 0 Å². The van der Waals surface area contributed by atoms with Gasteiger partial charge in [-0.3, -0.25) is 9.59 Å². The molecule has 5 nitrogen and oxygen atoms in total. The summed E-state index contributed by atoms with van der Waals surface area (Å²) in [6.45, 7) is 8.82. The Bertz CT molecular complexity index is 1090. The average Bonchev–Trinajstić information content (AvgIpc) is 2.85. The van der Waals surface area contributed by atoms with Crippen molar-refractivity contribution in [1.29, 1.82) is 0 Å². The highest BCUT2D eigenvalue weighted by atomic mass is 16.5. The maximum Gasteiger partial charge on any atom is 0.261 e. The zero-order valence-electron chi connectivity index (χ0n) is 21.2. The van der Waals surface area contributed by atoms with Crippen molar-refractivity contribution in [3.63, 3.8) is 0 Å². The molecule has 0 spiro atoms. The summed E-state index contributed by atoms with van der Waals surface area (Å²) in [6.07, 6.45) is 0.423. The Kier molecular flexibility index (Phi) is 9.47. The van der Waals surface area contributed by atoms with Crippen LogP contribution in [0.4, 0.5) is 0 Å². The molecule has 184 valence electrons. The van der Waals surface area contributed by atoms with Crippen LogP contribution < -0.4 is 10.1 Å². The van der Waals surface area contributed by atoms with Crippen molar-refractivity contribution in [2.45, 2.75) is 46.7 Å². The summed E-state index contributed by atoms with van der Waals surface area (Å²) >= 11 is 0. The largest absolute Gasteiger partial charge is 0.484 e. The predicted octanol–water partition coefficient (Wildman–Crippen LogP) is 5.09. The molecule has 0 bridgehead atoms. The van der Waals surface area contributed by atoms with Crippen LogP contribution in [0.2, 0.25) is 0 Å². The maximum absolute atomic E-state index is 13.6. The summed E-state index contributed by atoms with van der Waals surface area (Å²) in [5.74, 6) is 0.593. The molecular formula is C30H36N2O3. The Morgan fingerprint density at radius 3 is 2.17 bits per heavy atom. The molecule has 0 saturated carbocycles. The second-order valence-electron chi connectivity index (χ2n) is 9.41. The number of carbonyl (C=O) groups is 2. The number of nitrogens with one attached hydrogen (secondary N) is 1. The molecule has 35 heavy (non-hydrogen) atoms. The fraction of sp³-hybridized carbons (Fsp3) is 0.333. The van der Waals surface area contributed by atoms with E-state index in [9.17, 15) is 9.59 Å². The second-order valence-corrected chi connectivity index (χ2v) is 9.41. The fourth-order valence-corrected chi connectivity index (χ4v) is 3.81.